The lowest BCUT2D eigenvalue weighted by molar-refractivity contribution is -0.147. The molecule has 0 radical (unpaired) electrons. The highest BCUT2D eigenvalue weighted by atomic mass is 35.5. The van der Waals surface area contributed by atoms with Crippen LogP contribution in [0.5, 0.6) is 0 Å². The summed E-state index contributed by atoms with van der Waals surface area (Å²) >= 11 is 11.7. The number of rotatable bonds is 4. The van der Waals surface area contributed by atoms with E-state index < -0.39 is 12.1 Å². The Balaban J connectivity index is 0.000000333. The largest absolute Gasteiger partial charge is 0.399 e. The molecule has 4 aromatic heterocycles. The van der Waals surface area contributed by atoms with Gasteiger partial charge in [-0.25, -0.2) is 14.5 Å². The van der Waals surface area contributed by atoms with Crippen LogP contribution in [-0.4, -0.2) is 74.0 Å². The standard InChI is InChI=1S/C10H8ClF3N4.C8H6ClN5O.C4H7N.2C2H6/c1-17-4-5(10(12,13)14)9-6(17)3-15-8-2-7(11)16-18(8)9;9-7-3-6(11-5-15)4-10-8(7)14-12-1-2-13-14;1-3-4-5-2;2*1-2/h2-3,5H,4H2,1H3;1-5H,(H,11,15);3-4H,1H2,2H3;2*1-2H3. The maximum atomic E-state index is 13.0. The predicted octanol–water partition coefficient (Wildman–Crippen LogP) is 6.29. The molecule has 0 fully saturated rings. The number of aliphatic imine (C=N–C) groups is 1. The third-order valence-electron chi connectivity index (χ3n) is 4.97. The van der Waals surface area contributed by atoms with Gasteiger partial charge in [-0.2, -0.15) is 28.5 Å². The highest BCUT2D eigenvalue weighted by Gasteiger charge is 2.48. The Morgan fingerprint density at radius 2 is 1.74 bits per heavy atom. The number of fused-ring (bicyclic) bond motifs is 3. The first-order chi connectivity index (χ1) is 20.1. The minimum atomic E-state index is -4.31. The minimum absolute atomic E-state index is 0.0990. The molecule has 5 rings (SSSR count). The molecule has 42 heavy (non-hydrogen) atoms. The molecule has 0 saturated heterocycles. The number of nitrogens with one attached hydrogen (secondary N) is 1. The average Bonchev–Trinajstić information content (AvgIpc) is 3.71. The van der Waals surface area contributed by atoms with Crippen molar-refractivity contribution in [2.24, 2.45) is 4.99 Å². The summed E-state index contributed by atoms with van der Waals surface area (Å²) in [5.74, 6) is -1.16. The number of alkyl halides is 3. The Morgan fingerprint density at radius 3 is 2.24 bits per heavy atom. The van der Waals surface area contributed by atoms with Crippen molar-refractivity contribution >= 4 is 52.8 Å². The van der Waals surface area contributed by atoms with Gasteiger partial charge in [0.1, 0.15) is 5.92 Å². The van der Waals surface area contributed by atoms with E-state index in [1.807, 2.05) is 27.7 Å². The van der Waals surface area contributed by atoms with Crippen molar-refractivity contribution in [3.63, 3.8) is 0 Å². The van der Waals surface area contributed by atoms with Gasteiger partial charge in [-0.05, 0) is 6.07 Å². The number of carbonyl (C=O) groups excluding carboxylic acids is 1. The first-order valence-corrected chi connectivity index (χ1v) is 13.4. The number of hydrogen-bond donors (Lipinski definition) is 1. The zero-order chi connectivity index (χ0) is 31.9. The van der Waals surface area contributed by atoms with Gasteiger partial charge in [0.25, 0.3) is 0 Å². The number of allylic oxidation sites excluding steroid dienone is 1. The van der Waals surface area contributed by atoms with Crippen molar-refractivity contribution in [2.75, 3.05) is 30.9 Å². The van der Waals surface area contributed by atoms with Gasteiger partial charge in [-0.15, -0.1) is 4.80 Å². The average molecular weight is 630 g/mol. The first kappa shape index (κ1) is 36.0. The number of likely N-dealkylation sites (N-methyl/N-ethyl adjacent to an activating group) is 1. The summed E-state index contributed by atoms with van der Waals surface area (Å²) in [7, 11) is 3.31. The highest BCUT2D eigenvalue weighted by Crippen LogP contribution is 2.44. The van der Waals surface area contributed by atoms with Crippen molar-refractivity contribution in [1.29, 1.82) is 0 Å². The summed E-state index contributed by atoms with van der Waals surface area (Å²) in [5, 5.41) is 14.6. The van der Waals surface area contributed by atoms with Crippen LogP contribution < -0.4 is 10.2 Å². The van der Waals surface area contributed by atoms with Crippen molar-refractivity contribution in [2.45, 2.75) is 39.8 Å². The van der Waals surface area contributed by atoms with Crippen LogP contribution in [-0.2, 0) is 4.79 Å². The summed E-state index contributed by atoms with van der Waals surface area (Å²) in [6.45, 7) is 11.3. The van der Waals surface area contributed by atoms with Gasteiger partial charge < -0.3 is 10.2 Å². The zero-order valence-electron chi connectivity index (χ0n) is 24.0. The second-order valence-electron chi connectivity index (χ2n) is 7.49. The van der Waals surface area contributed by atoms with E-state index in [1.165, 1.54) is 45.1 Å². The molecular weight excluding hydrogens is 596 g/mol. The van der Waals surface area contributed by atoms with E-state index in [2.05, 4.69) is 42.2 Å². The van der Waals surface area contributed by atoms with Crippen LogP contribution in [0.2, 0.25) is 10.2 Å². The van der Waals surface area contributed by atoms with Gasteiger partial charge in [0.15, 0.2) is 16.6 Å². The van der Waals surface area contributed by atoms with Crippen molar-refractivity contribution in [3.05, 3.63) is 65.4 Å². The highest BCUT2D eigenvalue weighted by molar-refractivity contribution is 6.32. The van der Waals surface area contributed by atoms with Gasteiger partial charge in [0.2, 0.25) is 6.41 Å². The number of pyridine rings is 1. The van der Waals surface area contributed by atoms with Crippen molar-refractivity contribution in [3.8, 4) is 5.82 Å². The lowest BCUT2D eigenvalue weighted by Gasteiger charge is -2.15. The van der Waals surface area contributed by atoms with Gasteiger partial charge in [-0.1, -0.05) is 63.6 Å². The monoisotopic (exact) mass is 628 g/mol. The van der Waals surface area contributed by atoms with Crippen molar-refractivity contribution < 1.29 is 18.0 Å². The molecule has 1 N–H and O–H groups in total. The number of amides is 1. The van der Waals surface area contributed by atoms with Crippen LogP contribution in [0.3, 0.4) is 0 Å². The fourth-order valence-corrected chi connectivity index (χ4v) is 3.82. The smallest absolute Gasteiger partial charge is 0.371 e. The molecule has 1 unspecified atom stereocenters. The summed E-state index contributed by atoms with van der Waals surface area (Å²) in [6.07, 6.45) is 5.46. The van der Waals surface area contributed by atoms with E-state index in [1.54, 1.807) is 32.5 Å². The SMILES string of the molecule is C=CC=NC.CC.CC.CN1CC(C(F)(F)F)c2c1cnc1cc(Cl)nn21.O=CNc1cnc(-n2nccn2)c(Cl)c1. The molecule has 0 spiro atoms. The third-order valence-corrected chi connectivity index (χ3v) is 5.44. The zero-order valence-corrected chi connectivity index (χ0v) is 25.5. The Labute approximate surface area is 252 Å². The molecule has 0 aliphatic carbocycles. The van der Waals surface area contributed by atoms with Crippen LogP contribution in [0.15, 0.2) is 54.6 Å². The normalized spacial score (nSPS) is 13.3. The van der Waals surface area contributed by atoms with Gasteiger partial charge in [-0.3, -0.25) is 9.79 Å². The predicted molar refractivity (Wildman–Crippen MR) is 161 cm³/mol. The Kier molecular flexibility index (Phi) is 15.2. The summed E-state index contributed by atoms with van der Waals surface area (Å²) in [6, 6.07) is 3.01. The summed E-state index contributed by atoms with van der Waals surface area (Å²) in [4.78, 5) is 24.7. The lowest BCUT2D eigenvalue weighted by atomic mass is 10.1. The second kappa shape index (κ2) is 17.7. The number of nitrogens with zero attached hydrogens (tertiary/aromatic N) is 9. The Morgan fingerprint density at radius 1 is 1.10 bits per heavy atom. The molecule has 0 bridgehead atoms. The maximum Gasteiger partial charge on any atom is 0.399 e. The Bertz CT molecular complexity index is 1430. The lowest BCUT2D eigenvalue weighted by Crippen LogP contribution is -2.26. The van der Waals surface area contributed by atoms with Crippen LogP contribution in [0, 0.1) is 0 Å². The van der Waals surface area contributed by atoms with Gasteiger partial charge >= 0.3 is 6.18 Å². The van der Waals surface area contributed by atoms with Crippen LogP contribution in [0.1, 0.15) is 39.3 Å². The third kappa shape index (κ3) is 9.52. The van der Waals surface area contributed by atoms with E-state index >= 15 is 0 Å². The second-order valence-corrected chi connectivity index (χ2v) is 8.29. The van der Waals surface area contributed by atoms with Gasteiger partial charge in [0.05, 0.1) is 46.9 Å². The van der Waals surface area contributed by atoms with E-state index in [-0.39, 0.29) is 17.4 Å². The topological polar surface area (TPSA) is 118 Å². The summed E-state index contributed by atoms with van der Waals surface area (Å²) < 4.78 is 40.3. The molecule has 16 heteroatoms. The molecule has 0 aromatic carbocycles. The van der Waals surface area contributed by atoms with E-state index in [9.17, 15) is 18.0 Å². The number of anilines is 2. The minimum Gasteiger partial charge on any atom is -0.371 e. The summed E-state index contributed by atoms with van der Waals surface area (Å²) in [5.41, 5.74) is 1.38. The maximum absolute atomic E-state index is 13.0. The number of halogens is 5. The van der Waals surface area contributed by atoms with E-state index in [0.29, 0.717) is 34.3 Å². The molecule has 1 aliphatic heterocycles. The molecular formula is C26H33Cl2F3N10O. The molecule has 1 atom stereocenters. The van der Waals surface area contributed by atoms with E-state index in [0.717, 1.165) is 0 Å². The fraction of sp³-hybridized carbons (Fsp3) is 0.346. The fourth-order valence-electron chi connectivity index (χ4n) is 3.41. The number of aromatic nitrogens is 7. The molecule has 228 valence electrons. The first-order valence-electron chi connectivity index (χ1n) is 12.7. The van der Waals surface area contributed by atoms with Crippen LogP contribution in [0.4, 0.5) is 24.5 Å². The molecule has 4 aromatic rings. The quantitative estimate of drug-likeness (QED) is 0.208. The van der Waals surface area contributed by atoms with Crippen LogP contribution in [0.25, 0.3) is 11.5 Å². The van der Waals surface area contributed by atoms with Crippen LogP contribution >= 0.6 is 23.2 Å². The molecule has 1 amide bonds. The Hall–Kier alpha value is -4.04. The van der Waals surface area contributed by atoms with Gasteiger partial charge in [0, 0.05) is 32.9 Å². The molecule has 11 nitrogen and oxygen atoms in total. The molecule has 5 heterocycles. The van der Waals surface area contributed by atoms with Crippen molar-refractivity contribution in [1.82, 2.24) is 34.6 Å². The number of carbonyl (C=O) groups is 1. The molecule has 1 aliphatic rings. The van der Waals surface area contributed by atoms with E-state index in [4.69, 9.17) is 23.2 Å². The molecule has 0 saturated carbocycles. The number of hydrogen-bond acceptors (Lipinski definition) is 8.